The van der Waals surface area contributed by atoms with E-state index >= 15 is 0 Å². The van der Waals surface area contributed by atoms with Crippen molar-refractivity contribution in [3.8, 4) is 5.75 Å². The second kappa shape index (κ2) is 7.13. The zero-order valence-corrected chi connectivity index (χ0v) is 12.8. The number of ether oxygens (including phenoxy) is 1. The number of benzene rings is 1. The van der Waals surface area contributed by atoms with Crippen LogP contribution < -0.4 is 10.1 Å². The predicted octanol–water partition coefficient (Wildman–Crippen LogP) is 2.26. The molecule has 1 heterocycles. The Kier molecular flexibility index (Phi) is 5.22. The molecule has 0 spiro atoms. The first-order valence-electron chi connectivity index (χ1n) is 6.62. The van der Waals surface area contributed by atoms with Crippen LogP contribution in [0.4, 0.5) is 0 Å². The summed E-state index contributed by atoms with van der Waals surface area (Å²) >= 11 is 5.62. The van der Waals surface area contributed by atoms with Gasteiger partial charge in [-0.3, -0.25) is 4.79 Å². The molecule has 2 rings (SSSR count). The maximum Gasteiger partial charge on any atom is 0.222 e. The lowest BCUT2D eigenvalue weighted by molar-refractivity contribution is -0.121. The number of imidazole rings is 1. The van der Waals surface area contributed by atoms with Crippen molar-refractivity contribution in [3.63, 3.8) is 0 Å². The van der Waals surface area contributed by atoms with Gasteiger partial charge in [0.25, 0.3) is 0 Å². The molecule has 0 radical (unpaired) electrons. The smallest absolute Gasteiger partial charge is 0.222 e. The summed E-state index contributed by atoms with van der Waals surface area (Å²) in [4.78, 5) is 16.2. The van der Waals surface area contributed by atoms with Gasteiger partial charge in [-0.05, 0) is 17.7 Å². The predicted molar refractivity (Wildman–Crippen MR) is 81.5 cm³/mol. The Hall–Kier alpha value is -2.01. The largest absolute Gasteiger partial charge is 0.497 e. The summed E-state index contributed by atoms with van der Waals surface area (Å²) in [5, 5.41) is 2.97. The monoisotopic (exact) mass is 307 g/mol. The summed E-state index contributed by atoms with van der Waals surface area (Å²) in [5.41, 5.74) is 0.938. The van der Waals surface area contributed by atoms with E-state index in [1.807, 2.05) is 42.1 Å². The molecular weight excluding hydrogens is 290 g/mol. The SMILES string of the molecule is COc1ccc(C(NC(=O)CCCl)c2nccn2C)cc1. The summed E-state index contributed by atoms with van der Waals surface area (Å²) < 4.78 is 7.04. The number of alkyl halides is 1. The van der Waals surface area contributed by atoms with Crippen LogP contribution in [0, 0.1) is 0 Å². The number of halogens is 1. The van der Waals surface area contributed by atoms with Gasteiger partial charge in [0.15, 0.2) is 0 Å². The van der Waals surface area contributed by atoms with E-state index < -0.39 is 0 Å². The van der Waals surface area contributed by atoms with E-state index in [4.69, 9.17) is 16.3 Å². The Balaban J connectivity index is 2.30. The van der Waals surface area contributed by atoms with Gasteiger partial charge >= 0.3 is 0 Å². The highest BCUT2D eigenvalue weighted by atomic mass is 35.5. The average molecular weight is 308 g/mol. The summed E-state index contributed by atoms with van der Waals surface area (Å²) in [7, 11) is 3.51. The van der Waals surface area contributed by atoms with Crippen molar-refractivity contribution in [2.24, 2.45) is 7.05 Å². The van der Waals surface area contributed by atoms with E-state index in [0.29, 0.717) is 5.88 Å². The third-order valence-electron chi connectivity index (χ3n) is 3.19. The van der Waals surface area contributed by atoms with E-state index in [0.717, 1.165) is 17.1 Å². The van der Waals surface area contributed by atoms with Crippen LogP contribution in [-0.2, 0) is 11.8 Å². The van der Waals surface area contributed by atoms with Crippen LogP contribution in [-0.4, -0.2) is 28.4 Å². The normalized spacial score (nSPS) is 12.0. The summed E-state index contributed by atoms with van der Waals surface area (Å²) in [6, 6.07) is 7.24. The van der Waals surface area contributed by atoms with Gasteiger partial charge in [0, 0.05) is 31.7 Å². The number of carbonyl (C=O) groups excluding carboxylic acids is 1. The molecule has 21 heavy (non-hydrogen) atoms. The van der Waals surface area contributed by atoms with Gasteiger partial charge in [-0.15, -0.1) is 11.6 Å². The fraction of sp³-hybridized carbons (Fsp3) is 0.333. The minimum Gasteiger partial charge on any atom is -0.497 e. The number of nitrogens with zero attached hydrogens (tertiary/aromatic N) is 2. The quantitative estimate of drug-likeness (QED) is 0.833. The van der Waals surface area contributed by atoms with Crippen molar-refractivity contribution < 1.29 is 9.53 Å². The number of carbonyl (C=O) groups is 1. The Labute approximate surface area is 128 Å². The topological polar surface area (TPSA) is 56.1 Å². The molecule has 0 aliphatic carbocycles. The molecule has 0 aliphatic heterocycles. The van der Waals surface area contributed by atoms with E-state index in [2.05, 4.69) is 10.3 Å². The van der Waals surface area contributed by atoms with Crippen LogP contribution in [0.5, 0.6) is 5.75 Å². The van der Waals surface area contributed by atoms with Crippen molar-refractivity contribution >= 4 is 17.5 Å². The van der Waals surface area contributed by atoms with Gasteiger partial charge < -0.3 is 14.6 Å². The fourth-order valence-electron chi connectivity index (χ4n) is 2.07. The maximum absolute atomic E-state index is 11.9. The van der Waals surface area contributed by atoms with Crippen LogP contribution in [0.2, 0.25) is 0 Å². The molecule has 1 N–H and O–H groups in total. The number of aromatic nitrogens is 2. The number of amides is 1. The molecule has 5 nitrogen and oxygen atoms in total. The average Bonchev–Trinajstić information content (AvgIpc) is 2.91. The first-order chi connectivity index (χ1) is 10.2. The standard InChI is InChI=1S/C15H18ClN3O2/c1-19-10-9-17-15(19)14(18-13(20)7-8-16)11-3-5-12(21-2)6-4-11/h3-6,9-10,14H,7-8H2,1-2H3,(H,18,20). The van der Waals surface area contributed by atoms with Gasteiger partial charge in [0.2, 0.25) is 5.91 Å². The Morgan fingerprint density at radius 1 is 1.43 bits per heavy atom. The van der Waals surface area contributed by atoms with Gasteiger partial charge in [0.05, 0.1) is 7.11 Å². The molecule has 1 atom stereocenters. The van der Waals surface area contributed by atoms with E-state index in [1.54, 1.807) is 13.3 Å². The lowest BCUT2D eigenvalue weighted by Gasteiger charge is -2.19. The second-order valence-corrected chi connectivity index (χ2v) is 4.99. The summed E-state index contributed by atoms with van der Waals surface area (Å²) in [6.07, 6.45) is 3.83. The third kappa shape index (κ3) is 3.76. The third-order valence-corrected chi connectivity index (χ3v) is 3.38. The zero-order chi connectivity index (χ0) is 15.2. The number of aryl methyl sites for hydroxylation is 1. The second-order valence-electron chi connectivity index (χ2n) is 4.61. The highest BCUT2D eigenvalue weighted by Gasteiger charge is 2.20. The molecule has 0 fully saturated rings. The zero-order valence-electron chi connectivity index (χ0n) is 12.0. The van der Waals surface area contributed by atoms with Crippen molar-refractivity contribution in [2.45, 2.75) is 12.5 Å². The Bertz CT molecular complexity index is 595. The first kappa shape index (κ1) is 15.4. The number of hydrogen-bond acceptors (Lipinski definition) is 3. The van der Waals surface area contributed by atoms with E-state index in [-0.39, 0.29) is 18.4 Å². The molecule has 1 aromatic carbocycles. The molecule has 0 bridgehead atoms. The van der Waals surface area contributed by atoms with Gasteiger partial charge in [0.1, 0.15) is 17.6 Å². The molecule has 0 aliphatic rings. The number of methoxy groups -OCH3 is 1. The van der Waals surface area contributed by atoms with Crippen molar-refractivity contribution in [1.29, 1.82) is 0 Å². The molecule has 1 aromatic heterocycles. The number of nitrogens with one attached hydrogen (secondary N) is 1. The minimum atomic E-state index is -0.313. The molecular formula is C15H18ClN3O2. The molecule has 0 saturated heterocycles. The first-order valence-corrected chi connectivity index (χ1v) is 7.15. The fourth-order valence-corrected chi connectivity index (χ4v) is 2.24. The molecule has 2 aromatic rings. The lowest BCUT2D eigenvalue weighted by atomic mass is 10.1. The van der Waals surface area contributed by atoms with Crippen LogP contribution >= 0.6 is 11.6 Å². The summed E-state index contributed by atoms with van der Waals surface area (Å²) in [5.74, 6) is 1.73. The van der Waals surface area contributed by atoms with Crippen molar-refractivity contribution in [2.75, 3.05) is 13.0 Å². The van der Waals surface area contributed by atoms with Gasteiger partial charge in [-0.2, -0.15) is 0 Å². The lowest BCUT2D eigenvalue weighted by Crippen LogP contribution is -2.31. The van der Waals surface area contributed by atoms with Gasteiger partial charge in [-0.1, -0.05) is 12.1 Å². The molecule has 1 unspecified atom stereocenters. The number of rotatable bonds is 6. The number of hydrogen-bond donors (Lipinski definition) is 1. The molecule has 6 heteroatoms. The molecule has 1 amide bonds. The molecule has 0 saturated carbocycles. The van der Waals surface area contributed by atoms with Crippen LogP contribution in [0.3, 0.4) is 0 Å². The minimum absolute atomic E-state index is 0.103. The highest BCUT2D eigenvalue weighted by Crippen LogP contribution is 2.23. The van der Waals surface area contributed by atoms with Crippen molar-refractivity contribution in [1.82, 2.24) is 14.9 Å². The highest BCUT2D eigenvalue weighted by molar-refractivity contribution is 6.18. The maximum atomic E-state index is 11.9. The molecule has 112 valence electrons. The van der Waals surface area contributed by atoms with Crippen LogP contribution in [0.15, 0.2) is 36.7 Å². The Morgan fingerprint density at radius 2 is 2.14 bits per heavy atom. The van der Waals surface area contributed by atoms with Crippen molar-refractivity contribution in [3.05, 3.63) is 48.0 Å². The summed E-state index contributed by atoms with van der Waals surface area (Å²) in [6.45, 7) is 0. The van der Waals surface area contributed by atoms with Gasteiger partial charge in [-0.25, -0.2) is 4.98 Å². The van der Waals surface area contributed by atoms with Crippen LogP contribution in [0.1, 0.15) is 23.9 Å². The Morgan fingerprint density at radius 3 is 2.67 bits per heavy atom. The van der Waals surface area contributed by atoms with E-state index in [1.165, 1.54) is 0 Å². The van der Waals surface area contributed by atoms with E-state index in [9.17, 15) is 4.79 Å². The van der Waals surface area contributed by atoms with Crippen LogP contribution in [0.25, 0.3) is 0 Å².